The van der Waals surface area contributed by atoms with E-state index >= 15 is 0 Å². The van der Waals surface area contributed by atoms with Crippen molar-refractivity contribution < 1.29 is 9.22 Å². The maximum absolute atomic E-state index is 12.4. The lowest BCUT2D eigenvalue weighted by atomic mass is 9.54. The molecule has 0 aromatic carbocycles. The van der Waals surface area contributed by atoms with Crippen LogP contribution in [0.2, 0.25) is 19.6 Å². The monoisotopic (exact) mass is 276 g/mol. The molecule has 3 heteroatoms. The molecule has 0 heterocycles. The predicted molar refractivity (Wildman–Crippen MR) is 79.2 cm³/mol. The smallest absolute Gasteiger partial charge is 0.241 e. The Labute approximate surface area is 117 Å². The molecule has 0 radical (unpaired) electrons. The molecule has 0 unspecified atom stereocenters. The SMILES string of the molecule is CC1=C(O[Si](C)(C)C)C[C@H]2CC(=O)[C@@]12C1=CCCC1. The molecule has 0 N–H and O–H groups in total. The van der Waals surface area contributed by atoms with Crippen molar-refractivity contribution in [3.05, 3.63) is 23.0 Å². The summed E-state index contributed by atoms with van der Waals surface area (Å²) in [5.41, 5.74) is 2.41. The summed E-state index contributed by atoms with van der Waals surface area (Å²) in [5.74, 6) is 2.08. The Bertz CT molecular complexity index is 495. The summed E-state index contributed by atoms with van der Waals surface area (Å²) in [6.45, 7) is 8.80. The van der Waals surface area contributed by atoms with E-state index in [0.29, 0.717) is 11.7 Å². The van der Waals surface area contributed by atoms with Crippen LogP contribution in [0.3, 0.4) is 0 Å². The molecule has 0 aromatic heterocycles. The van der Waals surface area contributed by atoms with Gasteiger partial charge in [-0.1, -0.05) is 11.6 Å². The number of Topliss-reactive ketones (excluding diaryl/α,β-unsaturated/α-hetero) is 1. The molecule has 2 nitrogen and oxygen atoms in total. The fourth-order valence-electron chi connectivity index (χ4n) is 4.17. The van der Waals surface area contributed by atoms with E-state index in [2.05, 4.69) is 32.6 Å². The first-order valence-corrected chi connectivity index (χ1v) is 10.9. The normalized spacial score (nSPS) is 34.2. The molecule has 0 saturated heterocycles. The van der Waals surface area contributed by atoms with Crippen LogP contribution in [0.15, 0.2) is 23.0 Å². The van der Waals surface area contributed by atoms with Gasteiger partial charge < -0.3 is 4.43 Å². The van der Waals surface area contributed by atoms with Crippen LogP contribution in [0.25, 0.3) is 0 Å². The van der Waals surface area contributed by atoms with Crippen molar-refractivity contribution >= 4 is 14.1 Å². The summed E-state index contributed by atoms with van der Waals surface area (Å²) in [7, 11) is -1.58. The van der Waals surface area contributed by atoms with Crippen LogP contribution in [0.4, 0.5) is 0 Å². The van der Waals surface area contributed by atoms with Gasteiger partial charge in [0.15, 0.2) is 0 Å². The molecule has 3 rings (SSSR count). The van der Waals surface area contributed by atoms with E-state index in [4.69, 9.17) is 4.43 Å². The van der Waals surface area contributed by atoms with Crippen LogP contribution >= 0.6 is 0 Å². The third kappa shape index (κ3) is 1.78. The molecule has 3 aliphatic carbocycles. The minimum Gasteiger partial charge on any atom is -0.547 e. The van der Waals surface area contributed by atoms with Crippen LogP contribution in [-0.2, 0) is 9.22 Å². The largest absolute Gasteiger partial charge is 0.547 e. The number of ketones is 1. The number of carbonyl (C=O) groups is 1. The molecule has 19 heavy (non-hydrogen) atoms. The molecular weight excluding hydrogens is 252 g/mol. The Morgan fingerprint density at radius 1 is 1.32 bits per heavy atom. The number of rotatable bonds is 3. The first-order valence-electron chi connectivity index (χ1n) is 7.48. The first kappa shape index (κ1) is 13.2. The van der Waals surface area contributed by atoms with Gasteiger partial charge in [0.05, 0.1) is 11.2 Å². The molecule has 0 aliphatic heterocycles. The maximum Gasteiger partial charge on any atom is 0.241 e. The van der Waals surface area contributed by atoms with Crippen molar-refractivity contribution in [2.75, 3.05) is 0 Å². The summed E-state index contributed by atoms with van der Waals surface area (Å²) in [5, 5.41) is 0. The average Bonchev–Trinajstić information content (AvgIpc) is 2.84. The number of allylic oxidation sites excluding steroid dienone is 4. The van der Waals surface area contributed by atoms with E-state index < -0.39 is 8.32 Å². The minimum absolute atomic E-state index is 0.231. The molecular formula is C16H24O2Si. The Balaban J connectivity index is 1.99. The number of hydrogen-bond acceptors (Lipinski definition) is 2. The minimum atomic E-state index is -1.58. The van der Waals surface area contributed by atoms with Gasteiger partial charge in [-0.2, -0.15) is 0 Å². The highest BCUT2D eigenvalue weighted by Gasteiger charge is 2.62. The van der Waals surface area contributed by atoms with E-state index in [9.17, 15) is 4.79 Å². The summed E-state index contributed by atoms with van der Waals surface area (Å²) >= 11 is 0. The van der Waals surface area contributed by atoms with E-state index in [0.717, 1.165) is 31.4 Å². The fraction of sp³-hybridized carbons (Fsp3) is 0.688. The van der Waals surface area contributed by atoms with Gasteiger partial charge in [0.2, 0.25) is 8.32 Å². The zero-order chi connectivity index (χ0) is 13.8. The quantitative estimate of drug-likeness (QED) is 0.570. The molecule has 1 fully saturated rings. The van der Waals surface area contributed by atoms with Gasteiger partial charge in [0.1, 0.15) is 5.78 Å². The Morgan fingerprint density at radius 2 is 2.05 bits per heavy atom. The molecule has 0 bridgehead atoms. The fourth-order valence-corrected chi connectivity index (χ4v) is 5.15. The maximum atomic E-state index is 12.4. The van der Waals surface area contributed by atoms with Crippen LogP contribution < -0.4 is 0 Å². The van der Waals surface area contributed by atoms with Gasteiger partial charge in [0.25, 0.3) is 0 Å². The van der Waals surface area contributed by atoms with Gasteiger partial charge in [0, 0.05) is 12.8 Å². The topological polar surface area (TPSA) is 26.3 Å². The van der Waals surface area contributed by atoms with Crippen molar-refractivity contribution in [1.82, 2.24) is 0 Å². The Kier molecular flexibility index (Phi) is 2.83. The molecule has 0 amide bonds. The van der Waals surface area contributed by atoms with Crippen molar-refractivity contribution in [3.63, 3.8) is 0 Å². The van der Waals surface area contributed by atoms with E-state index in [-0.39, 0.29) is 5.41 Å². The Morgan fingerprint density at radius 3 is 2.58 bits per heavy atom. The predicted octanol–water partition coefficient (Wildman–Crippen LogP) is 4.20. The van der Waals surface area contributed by atoms with Gasteiger partial charge in [-0.05, 0) is 57.3 Å². The number of hydrogen-bond donors (Lipinski definition) is 0. The lowest BCUT2D eigenvalue weighted by Crippen LogP contribution is -2.49. The third-order valence-corrected chi connectivity index (χ3v) is 5.76. The number of fused-ring (bicyclic) bond motifs is 1. The highest BCUT2D eigenvalue weighted by Crippen LogP contribution is 2.63. The second kappa shape index (κ2) is 4.08. The third-order valence-electron chi connectivity index (χ3n) is 4.90. The molecule has 1 saturated carbocycles. The van der Waals surface area contributed by atoms with Crippen molar-refractivity contribution in [1.29, 1.82) is 0 Å². The van der Waals surface area contributed by atoms with Crippen LogP contribution in [-0.4, -0.2) is 14.1 Å². The Hall–Kier alpha value is -0.833. The lowest BCUT2D eigenvalue weighted by Gasteiger charge is -2.45. The van der Waals surface area contributed by atoms with Gasteiger partial charge >= 0.3 is 0 Å². The highest BCUT2D eigenvalue weighted by atomic mass is 28.4. The second-order valence-electron chi connectivity index (χ2n) is 7.22. The molecule has 0 spiro atoms. The molecule has 2 atom stereocenters. The van der Waals surface area contributed by atoms with E-state index in [1.807, 2.05) is 0 Å². The zero-order valence-corrected chi connectivity index (χ0v) is 13.5. The van der Waals surface area contributed by atoms with Crippen LogP contribution in [0, 0.1) is 11.3 Å². The highest BCUT2D eigenvalue weighted by molar-refractivity contribution is 6.70. The summed E-state index contributed by atoms with van der Waals surface area (Å²) in [6, 6.07) is 0. The summed E-state index contributed by atoms with van der Waals surface area (Å²) < 4.78 is 6.26. The van der Waals surface area contributed by atoms with Crippen molar-refractivity contribution in [2.24, 2.45) is 11.3 Å². The molecule has 104 valence electrons. The van der Waals surface area contributed by atoms with Crippen molar-refractivity contribution in [2.45, 2.75) is 58.7 Å². The molecule has 0 aromatic rings. The number of carbonyl (C=O) groups excluding carboxylic acids is 1. The van der Waals surface area contributed by atoms with Crippen molar-refractivity contribution in [3.8, 4) is 0 Å². The van der Waals surface area contributed by atoms with E-state index in [1.54, 1.807) is 0 Å². The summed E-state index contributed by atoms with van der Waals surface area (Å²) in [4.78, 5) is 12.4. The second-order valence-corrected chi connectivity index (χ2v) is 11.6. The lowest BCUT2D eigenvalue weighted by molar-refractivity contribution is -0.137. The standard InChI is InChI=1S/C16H24O2Si/c1-11-14(18-19(2,3)4)9-13-10-15(17)16(11,13)12-7-5-6-8-12/h7,13H,5-6,8-10H2,1-4H3/t13-,16+/m0/s1. The van der Waals surface area contributed by atoms with Crippen LogP contribution in [0.5, 0.6) is 0 Å². The van der Waals surface area contributed by atoms with Gasteiger partial charge in [-0.25, -0.2) is 0 Å². The van der Waals surface area contributed by atoms with Gasteiger partial charge in [-0.3, -0.25) is 4.79 Å². The zero-order valence-electron chi connectivity index (χ0n) is 12.5. The van der Waals surface area contributed by atoms with Crippen LogP contribution in [0.1, 0.15) is 39.0 Å². The van der Waals surface area contributed by atoms with Gasteiger partial charge in [-0.15, -0.1) is 0 Å². The molecule has 3 aliphatic rings. The summed E-state index contributed by atoms with van der Waals surface area (Å²) in [6.07, 6.45) is 7.54. The average molecular weight is 276 g/mol. The van der Waals surface area contributed by atoms with E-state index in [1.165, 1.54) is 17.6 Å². The first-order chi connectivity index (χ1) is 8.85.